The van der Waals surface area contributed by atoms with Gasteiger partial charge in [-0.2, -0.15) is 0 Å². The molecule has 2 heterocycles. The summed E-state index contributed by atoms with van der Waals surface area (Å²) in [6.07, 6.45) is 5.85. The molecule has 0 aliphatic carbocycles. The first-order chi connectivity index (χ1) is 8.65. The lowest BCUT2D eigenvalue weighted by atomic mass is 10.0. The van der Waals surface area contributed by atoms with E-state index in [2.05, 4.69) is 30.3 Å². The normalized spacial score (nSPS) is 19.8. The van der Waals surface area contributed by atoms with E-state index in [4.69, 9.17) is 0 Å². The number of aromatic nitrogens is 2. The summed E-state index contributed by atoms with van der Waals surface area (Å²) >= 11 is 0. The standard InChI is InChI=1S/C14H23N3O/c1-4-6-12-7-14(18)16(9-12)10-17-11(3)8-15-13(17)5-2/h8,12H,4-7,9-10H2,1-3H3. The van der Waals surface area contributed by atoms with Gasteiger partial charge in [0, 0.05) is 31.3 Å². The summed E-state index contributed by atoms with van der Waals surface area (Å²) < 4.78 is 2.16. The van der Waals surface area contributed by atoms with Crippen LogP contribution in [-0.4, -0.2) is 26.9 Å². The Bertz CT molecular complexity index is 425. The number of imidazole rings is 1. The zero-order valence-electron chi connectivity index (χ0n) is 11.6. The van der Waals surface area contributed by atoms with Crippen molar-refractivity contribution in [2.45, 2.75) is 53.1 Å². The van der Waals surface area contributed by atoms with Gasteiger partial charge in [-0.05, 0) is 19.3 Å². The van der Waals surface area contributed by atoms with Gasteiger partial charge in [0.2, 0.25) is 5.91 Å². The molecule has 18 heavy (non-hydrogen) atoms. The van der Waals surface area contributed by atoms with Crippen LogP contribution < -0.4 is 0 Å². The van der Waals surface area contributed by atoms with E-state index in [-0.39, 0.29) is 0 Å². The molecular formula is C14H23N3O. The van der Waals surface area contributed by atoms with Gasteiger partial charge < -0.3 is 9.47 Å². The Morgan fingerprint density at radius 3 is 2.89 bits per heavy atom. The Hall–Kier alpha value is -1.32. The van der Waals surface area contributed by atoms with Crippen molar-refractivity contribution in [3.63, 3.8) is 0 Å². The first-order valence-electron chi connectivity index (χ1n) is 6.94. The zero-order chi connectivity index (χ0) is 13.1. The van der Waals surface area contributed by atoms with Gasteiger partial charge in [0.1, 0.15) is 5.82 Å². The molecule has 0 N–H and O–H groups in total. The summed E-state index contributed by atoms with van der Waals surface area (Å²) in [7, 11) is 0. The summed E-state index contributed by atoms with van der Waals surface area (Å²) in [6.45, 7) is 7.92. The molecule has 0 bridgehead atoms. The number of nitrogens with zero attached hydrogens (tertiary/aromatic N) is 3. The molecule has 1 aliphatic rings. The highest BCUT2D eigenvalue weighted by atomic mass is 16.2. The number of likely N-dealkylation sites (tertiary alicyclic amines) is 1. The predicted octanol–water partition coefficient (Wildman–Crippen LogP) is 2.36. The zero-order valence-corrected chi connectivity index (χ0v) is 11.6. The van der Waals surface area contributed by atoms with Crippen molar-refractivity contribution in [1.29, 1.82) is 0 Å². The average Bonchev–Trinajstić information content (AvgIpc) is 2.86. The molecule has 1 aromatic heterocycles. The highest BCUT2D eigenvalue weighted by Gasteiger charge is 2.29. The Balaban J connectivity index is 2.05. The molecule has 1 saturated heterocycles. The summed E-state index contributed by atoms with van der Waals surface area (Å²) in [5.74, 6) is 1.92. The molecule has 1 aliphatic heterocycles. The van der Waals surface area contributed by atoms with E-state index in [0.29, 0.717) is 18.5 Å². The fourth-order valence-electron chi connectivity index (χ4n) is 2.75. The maximum absolute atomic E-state index is 12.0. The van der Waals surface area contributed by atoms with Gasteiger partial charge in [0.15, 0.2) is 0 Å². The van der Waals surface area contributed by atoms with Crippen molar-refractivity contribution in [2.75, 3.05) is 6.54 Å². The number of carbonyl (C=O) groups is 1. The Labute approximate surface area is 109 Å². The predicted molar refractivity (Wildman–Crippen MR) is 71.1 cm³/mol. The second-order valence-electron chi connectivity index (χ2n) is 5.21. The van der Waals surface area contributed by atoms with Crippen LogP contribution in [0.5, 0.6) is 0 Å². The van der Waals surface area contributed by atoms with E-state index < -0.39 is 0 Å². The van der Waals surface area contributed by atoms with E-state index in [1.807, 2.05) is 11.1 Å². The molecule has 2 rings (SSSR count). The molecule has 100 valence electrons. The Morgan fingerprint density at radius 1 is 1.44 bits per heavy atom. The van der Waals surface area contributed by atoms with Crippen LogP contribution in [-0.2, 0) is 17.9 Å². The Morgan fingerprint density at radius 2 is 2.22 bits per heavy atom. The topological polar surface area (TPSA) is 38.1 Å². The number of rotatable bonds is 5. The lowest BCUT2D eigenvalue weighted by molar-refractivity contribution is -0.129. The molecule has 0 saturated carbocycles. The number of hydrogen-bond acceptors (Lipinski definition) is 2. The first-order valence-corrected chi connectivity index (χ1v) is 6.94. The lowest BCUT2D eigenvalue weighted by Crippen LogP contribution is -2.29. The van der Waals surface area contributed by atoms with Crippen LogP contribution in [0.25, 0.3) is 0 Å². The largest absolute Gasteiger partial charge is 0.324 e. The molecule has 0 radical (unpaired) electrons. The van der Waals surface area contributed by atoms with Gasteiger partial charge in [0.25, 0.3) is 0 Å². The number of aryl methyl sites for hydroxylation is 2. The first kappa shape index (κ1) is 13.1. The van der Waals surface area contributed by atoms with Crippen molar-refractivity contribution in [3.8, 4) is 0 Å². The number of amides is 1. The van der Waals surface area contributed by atoms with E-state index in [1.54, 1.807) is 0 Å². The van der Waals surface area contributed by atoms with Crippen LogP contribution >= 0.6 is 0 Å². The number of hydrogen-bond donors (Lipinski definition) is 0. The van der Waals surface area contributed by atoms with Crippen LogP contribution in [0.4, 0.5) is 0 Å². The number of carbonyl (C=O) groups excluding carboxylic acids is 1. The smallest absolute Gasteiger partial charge is 0.224 e. The summed E-state index contributed by atoms with van der Waals surface area (Å²) in [5, 5.41) is 0. The minimum absolute atomic E-state index is 0.295. The van der Waals surface area contributed by atoms with Crippen LogP contribution in [0.15, 0.2) is 6.20 Å². The minimum Gasteiger partial charge on any atom is -0.324 e. The van der Waals surface area contributed by atoms with E-state index in [9.17, 15) is 4.79 Å². The monoisotopic (exact) mass is 249 g/mol. The average molecular weight is 249 g/mol. The molecule has 1 fully saturated rings. The third kappa shape index (κ3) is 2.57. The van der Waals surface area contributed by atoms with Crippen LogP contribution in [0, 0.1) is 12.8 Å². The molecule has 1 aromatic rings. The highest BCUT2D eigenvalue weighted by molar-refractivity contribution is 5.78. The molecule has 0 aromatic carbocycles. The van der Waals surface area contributed by atoms with Gasteiger partial charge >= 0.3 is 0 Å². The molecule has 1 amide bonds. The van der Waals surface area contributed by atoms with Crippen molar-refractivity contribution in [3.05, 3.63) is 17.7 Å². The van der Waals surface area contributed by atoms with E-state index in [1.165, 1.54) is 0 Å². The SMILES string of the molecule is CCCC1CC(=O)N(Cn2c(C)cnc2CC)C1. The van der Waals surface area contributed by atoms with Gasteiger partial charge in [-0.15, -0.1) is 0 Å². The summed E-state index contributed by atoms with van der Waals surface area (Å²) in [4.78, 5) is 18.4. The molecule has 1 unspecified atom stereocenters. The van der Waals surface area contributed by atoms with Crippen LogP contribution in [0.1, 0.15) is 44.6 Å². The van der Waals surface area contributed by atoms with Gasteiger partial charge in [-0.1, -0.05) is 20.3 Å². The molecule has 1 atom stereocenters. The summed E-state index contributed by atoms with van der Waals surface area (Å²) in [6, 6.07) is 0. The van der Waals surface area contributed by atoms with Crippen molar-refractivity contribution < 1.29 is 4.79 Å². The highest BCUT2D eigenvalue weighted by Crippen LogP contribution is 2.23. The lowest BCUT2D eigenvalue weighted by Gasteiger charge is -2.20. The summed E-state index contributed by atoms with van der Waals surface area (Å²) in [5.41, 5.74) is 1.14. The van der Waals surface area contributed by atoms with E-state index >= 15 is 0 Å². The van der Waals surface area contributed by atoms with Crippen molar-refractivity contribution in [1.82, 2.24) is 14.5 Å². The van der Waals surface area contributed by atoms with Crippen molar-refractivity contribution >= 4 is 5.91 Å². The third-order valence-corrected chi connectivity index (χ3v) is 3.76. The quantitative estimate of drug-likeness (QED) is 0.803. The van der Waals surface area contributed by atoms with Gasteiger partial charge in [0.05, 0.1) is 6.67 Å². The van der Waals surface area contributed by atoms with Crippen molar-refractivity contribution in [2.24, 2.45) is 5.92 Å². The maximum atomic E-state index is 12.0. The molecule has 4 heteroatoms. The Kier molecular flexibility index (Phi) is 4.04. The minimum atomic E-state index is 0.295. The third-order valence-electron chi connectivity index (χ3n) is 3.76. The second-order valence-corrected chi connectivity index (χ2v) is 5.21. The van der Waals surface area contributed by atoms with E-state index in [0.717, 1.165) is 43.7 Å². The van der Waals surface area contributed by atoms with Crippen LogP contribution in [0.3, 0.4) is 0 Å². The fourth-order valence-corrected chi connectivity index (χ4v) is 2.75. The van der Waals surface area contributed by atoms with Gasteiger partial charge in [-0.3, -0.25) is 4.79 Å². The van der Waals surface area contributed by atoms with Gasteiger partial charge in [-0.25, -0.2) is 4.98 Å². The molecule has 0 spiro atoms. The second kappa shape index (κ2) is 5.55. The fraction of sp³-hybridized carbons (Fsp3) is 0.714. The maximum Gasteiger partial charge on any atom is 0.224 e. The molecule has 4 nitrogen and oxygen atoms in total. The molecular weight excluding hydrogens is 226 g/mol. The van der Waals surface area contributed by atoms with Crippen LogP contribution in [0.2, 0.25) is 0 Å².